The Bertz CT molecular complexity index is 967. The Hall–Kier alpha value is -2.88. The van der Waals surface area contributed by atoms with Gasteiger partial charge in [-0.15, -0.1) is 0 Å². The van der Waals surface area contributed by atoms with Gasteiger partial charge in [-0.1, -0.05) is 24.3 Å². The van der Waals surface area contributed by atoms with Crippen LogP contribution < -0.4 is 5.56 Å². The van der Waals surface area contributed by atoms with E-state index in [0.29, 0.717) is 0 Å². The monoisotopic (exact) mass is 261 g/mol. The second-order valence-electron chi connectivity index (χ2n) is 4.71. The van der Waals surface area contributed by atoms with E-state index in [2.05, 4.69) is 15.0 Å². The van der Waals surface area contributed by atoms with E-state index in [-0.39, 0.29) is 5.56 Å². The minimum atomic E-state index is -0.110. The molecular weight excluding hydrogens is 250 g/mol. The van der Waals surface area contributed by atoms with E-state index in [1.807, 2.05) is 36.4 Å². The fraction of sp³-hybridized carbons (Fsp3) is 0. The van der Waals surface area contributed by atoms with Crippen LogP contribution in [0.1, 0.15) is 0 Å². The van der Waals surface area contributed by atoms with Gasteiger partial charge in [-0.2, -0.15) is 0 Å². The van der Waals surface area contributed by atoms with Crippen LogP contribution in [0.2, 0.25) is 0 Å². The quantitative estimate of drug-likeness (QED) is 0.553. The molecule has 0 amide bonds. The second kappa shape index (κ2) is 4.06. The smallest absolute Gasteiger partial charge is 0.249 e. The number of hydrogen-bond acceptors (Lipinski definition) is 2. The second-order valence-corrected chi connectivity index (χ2v) is 4.71. The van der Waals surface area contributed by atoms with E-state index in [0.717, 1.165) is 33.1 Å². The van der Waals surface area contributed by atoms with Crippen molar-refractivity contribution in [2.24, 2.45) is 0 Å². The first-order valence-electron chi connectivity index (χ1n) is 6.37. The molecule has 20 heavy (non-hydrogen) atoms. The Balaban J connectivity index is 2.19. The fourth-order valence-electron chi connectivity index (χ4n) is 2.59. The summed E-state index contributed by atoms with van der Waals surface area (Å²) in [6, 6.07) is 13.4. The summed E-state index contributed by atoms with van der Waals surface area (Å²) < 4.78 is 0. The molecule has 3 aromatic heterocycles. The first-order chi connectivity index (χ1) is 9.83. The number of nitrogens with zero attached hydrogens (tertiary/aromatic N) is 1. The maximum Gasteiger partial charge on any atom is 0.249 e. The largest absolute Gasteiger partial charge is 0.353 e. The van der Waals surface area contributed by atoms with Crippen molar-refractivity contribution >= 4 is 21.9 Å². The van der Waals surface area contributed by atoms with Gasteiger partial charge in [-0.25, -0.2) is 0 Å². The first-order valence-corrected chi connectivity index (χ1v) is 6.37. The van der Waals surface area contributed by atoms with E-state index >= 15 is 0 Å². The van der Waals surface area contributed by atoms with Crippen LogP contribution in [0, 0.1) is 0 Å². The van der Waals surface area contributed by atoms with Crippen LogP contribution in [0.5, 0.6) is 0 Å². The lowest BCUT2D eigenvalue weighted by atomic mass is 10.1. The molecule has 0 unspecified atom stereocenters. The van der Waals surface area contributed by atoms with Crippen molar-refractivity contribution < 1.29 is 0 Å². The molecule has 0 aliphatic carbocycles. The highest BCUT2D eigenvalue weighted by atomic mass is 16.1. The van der Waals surface area contributed by atoms with Gasteiger partial charge < -0.3 is 9.97 Å². The summed E-state index contributed by atoms with van der Waals surface area (Å²) in [6.45, 7) is 0. The van der Waals surface area contributed by atoms with Gasteiger partial charge in [0.2, 0.25) is 5.56 Å². The van der Waals surface area contributed by atoms with E-state index in [1.165, 1.54) is 0 Å². The highest BCUT2D eigenvalue weighted by molar-refractivity contribution is 6.09. The van der Waals surface area contributed by atoms with Crippen molar-refractivity contribution in [2.75, 3.05) is 0 Å². The third kappa shape index (κ3) is 1.55. The van der Waals surface area contributed by atoms with Gasteiger partial charge in [-0.05, 0) is 12.1 Å². The van der Waals surface area contributed by atoms with Crippen molar-refractivity contribution in [1.82, 2.24) is 15.0 Å². The Morgan fingerprint density at radius 3 is 2.70 bits per heavy atom. The molecule has 0 bridgehead atoms. The van der Waals surface area contributed by atoms with Crippen LogP contribution in [0.4, 0.5) is 0 Å². The van der Waals surface area contributed by atoms with Crippen molar-refractivity contribution in [3.8, 4) is 11.1 Å². The number of nitrogens with one attached hydrogen (secondary N) is 2. The van der Waals surface area contributed by atoms with E-state index < -0.39 is 0 Å². The first kappa shape index (κ1) is 11.0. The van der Waals surface area contributed by atoms with Crippen LogP contribution in [0.25, 0.3) is 33.1 Å². The summed E-state index contributed by atoms with van der Waals surface area (Å²) in [4.78, 5) is 22.3. The molecule has 3 heterocycles. The normalized spacial score (nSPS) is 11.2. The predicted molar refractivity (Wildman–Crippen MR) is 79.7 cm³/mol. The highest BCUT2D eigenvalue weighted by Crippen LogP contribution is 2.29. The number of fused-ring (bicyclic) bond motifs is 3. The van der Waals surface area contributed by atoms with E-state index in [1.54, 1.807) is 18.5 Å². The Morgan fingerprint density at radius 2 is 1.85 bits per heavy atom. The van der Waals surface area contributed by atoms with Crippen LogP contribution in [0.3, 0.4) is 0 Å². The third-order valence-corrected chi connectivity index (χ3v) is 3.47. The maximum absolute atomic E-state index is 11.9. The molecule has 4 rings (SSSR count). The van der Waals surface area contributed by atoms with Crippen LogP contribution in [-0.2, 0) is 0 Å². The number of H-pyrrole nitrogens is 2. The van der Waals surface area contributed by atoms with Crippen molar-refractivity contribution in [3.63, 3.8) is 0 Å². The third-order valence-electron chi connectivity index (χ3n) is 3.47. The molecule has 0 atom stereocenters. The molecule has 2 N–H and O–H groups in total. The summed E-state index contributed by atoms with van der Waals surface area (Å²) in [5.74, 6) is 0. The van der Waals surface area contributed by atoms with Gasteiger partial charge >= 0.3 is 0 Å². The van der Waals surface area contributed by atoms with Gasteiger partial charge in [0, 0.05) is 40.5 Å². The molecule has 4 heteroatoms. The topological polar surface area (TPSA) is 61.5 Å². The zero-order chi connectivity index (χ0) is 13.5. The fourth-order valence-corrected chi connectivity index (χ4v) is 2.59. The highest BCUT2D eigenvalue weighted by Gasteiger charge is 2.11. The predicted octanol–water partition coefficient (Wildman–Crippen LogP) is 3.07. The van der Waals surface area contributed by atoms with Crippen molar-refractivity contribution in [3.05, 3.63) is 65.2 Å². The molecule has 4 nitrogen and oxygen atoms in total. The van der Waals surface area contributed by atoms with E-state index in [9.17, 15) is 4.79 Å². The van der Waals surface area contributed by atoms with Gasteiger partial charge in [0.1, 0.15) is 0 Å². The standard InChI is InChI=1S/C16H11N3O/c20-14-8-12(10-4-3-7-17-9-10)16-15(19-14)11-5-1-2-6-13(11)18-16/h1-9,18H,(H,19,20). The van der Waals surface area contributed by atoms with Gasteiger partial charge in [-0.3, -0.25) is 9.78 Å². The van der Waals surface area contributed by atoms with Gasteiger partial charge in [0.05, 0.1) is 11.0 Å². The molecule has 0 aliphatic rings. The maximum atomic E-state index is 11.9. The van der Waals surface area contributed by atoms with Crippen LogP contribution in [0.15, 0.2) is 59.7 Å². The number of benzene rings is 1. The number of aromatic amines is 2. The molecule has 0 saturated heterocycles. The lowest BCUT2D eigenvalue weighted by Crippen LogP contribution is -2.04. The molecule has 1 aromatic carbocycles. The summed E-state index contributed by atoms with van der Waals surface area (Å²) in [5.41, 5.74) is 4.46. The number of hydrogen-bond donors (Lipinski definition) is 2. The Labute approximate surface area is 114 Å². The summed E-state index contributed by atoms with van der Waals surface area (Å²) >= 11 is 0. The van der Waals surface area contributed by atoms with Gasteiger partial charge in [0.25, 0.3) is 0 Å². The summed E-state index contributed by atoms with van der Waals surface area (Å²) in [7, 11) is 0. The summed E-state index contributed by atoms with van der Waals surface area (Å²) in [5, 5.41) is 1.02. The Kier molecular flexibility index (Phi) is 2.23. The van der Waals surface area contributed by atoms with Crippen molar-refractivity contribution in [2.45, 2.75) is 0 Å². The average molecular weight is 261 g/mol. The molecule has 0 radical (unpaired) electrons. The number of para-hydroxylation sites is 1. The zero-order valence-electron chi connectivity index (χ0n) is 10.6. The number of aromatic nitrogens is 3. The SMILES string of the molecule is O=c1cc(-c2cccnc2)c2[nH]c3ccccc3c2[nH]1. The molecule has 0 spiro atoms. The molecular formula is C16H11N3O. The number of pyridine rings is 2. The zero-order valence-corrected chi connectivity index (χ0v) is 10.6. The minimum Gasteiger partial charge on any atom is -0.353 e. The summed E-state index contributed by atoms with van der Waals surface area (Å²) in [6.07, 6.45) is 3.48. The lowest BCUT2D eigenvalue weighted by molar-refractivity contribution is 1.29. The molecule has 0 aliphatic heterocycles. The lowest BCUT2D eigenvalue weighted by Gasteiger charge is -2.02. The molecule has 0 fully saturated rings. The number of rotatable bonds is 1. The van der Waals surface area contributed by atoms with Gasteiger partial charge in [0.15, 0.2) is 0 Å². The van der Waals surface area contributed by atoms with Crippen LogP contribution in [-0.4, -0.2) is 15.0 Å². The minimum absolute atomic E-state index is 0.110. The van der Waals surface area contributed by atoms with E-state index in [4.69, 9.17) is 0 Å². The molecule has 4 aromatic rings. The molecule has 0 saturated carbocycles. The molecule has 96 valence electrons. The van der Waals surface area contributed by atoms with Crippen molar-refractivity contribution in [1.29, 1.82) is 0 Å². The average Bonchev–Trinajstić information content (AvgIpc) is 2.86. The van der Waals surface area contributed by atoms with Crippen LogP contribution >= 0.6 is 0 Å². The Morgan fingerprint density at radius 1 is 0.950 bits per heavy atom.